The van der Waals surface area contributed by atoms with Gasteiger partial charge in [-0.05, 0) is 43.2 Å². The molecule has 0 amide bonds. The molecule has 18 heavy (non-hydrogen) atoms. The van der Waals surface area contributed by atoms with Gasteiger partial charge in [-0.3, -0.25) is 4.79 Å². The molecule has 1 aromatic rings. The molecule has 0 saturated carbocycles. The molecule has 0 radical (unpaired) electrons. The molecule has 0 aliphatic heterocycles. The molecule has 0 aliphatic carbocycles. The molecule has 0 saturated heterocycles. The highest BCUT2D eigenvalue weighted by molar-refractivity contribution is 5.73. The Bertz CT molecular complexity index is 429. The van der Waals surface area contributed by atoms with Crippen LogP contribution < -0.4 is 5.73 Å². The summed E-state index contributed by atoms with van der Waals surface area (Å²) in [5, 5.41) is 8.85. The lowest BCUT2D eigenvalue weighted by Gasteiger charge is -2.23. The van der Waals surface area contributed by atoms with Crippen LogP contribution in [0, 0.1) is 19.8 Å². The number of rotatable bonds is 5. The summed E-state index contributed by atoms with van der Waals surface area (Å²) in [6, 6.07) is 5.63. The summed E-state index contributed by atoms with van der Waals surface area (Å²) in [5.74, 6) is -0.358. The van der Waals surface area contributed by atoms with Gasteiger partial charge in [-0.2, -0.15) is 0 Å². The average Bonchev–Trinajstić information content (AvgIpc) is 2.27. The maximum absolute atomic E-state index is 10.8. The Morgan fingerprint density at radius 3 is 2.44 bits per heavy atom. The van der Waals surface area contributed by atoms with Crippen molar-refractivity contribution in [2.24, 2.45) is 11.7 Å². The molecule has 100 valence electrons. The van der Waals surface area contributed by atoms with Gasteiger partial charge in [0.1, 0.15) is 6.04 Å². The van der Waals surface area contributed by atoms with Crippen LogP contribution >= 0.6 is 0 Å². The number of carboxylic acid groups (broad SMARTS) is 1. The molecule has 3 unspecified atom stereocenters. The van der Waals surface area contributed by atoms with Crippen LogP contribution in [0.4, 0.5) is 0 Å². The SMILES string of the molecule is Cc1ccc(C(C)C(C)CC(N)C(=O)O)c(C)c1. The predicted molar refractivity (Wildman–Crippen MR) is 73.7 cm³/mol. The highest BCUT2D eigenvalue weighted by Crippen LogP contribution is 2.29. The molecule has 0 aliphatic rings. The average molecular weight is 249 g/mol. The Morgan fingerprint density at radius 2 is 1.94 bits per heavy atom. The minimum absolute atomic E-state index is 0.248. The lowest BCUT2D eigenvalue weighted by molar-refractivity contribution is -0.138. The van der Waals surface area contributed by atoms with Crippen LogP contribution in [0.2, 0.25) is 0 Å². The minimum Gasteiger partial charge on any atom is -0.480 e. The minimum atomic E-state index is -0.922. The zero-order valence-electron chi connectivity index (χ0n) is 11.6. The summed E-state index contributed by atoms with van der Waals surface area (Å²) in [6.45, 7) is 8.37. The number of hydrogen-bond donors (Lipinski definition) is 2. The highest BCUT2D eigenvalue weighted by Gasteiger charge is 2.21. The molecule has 3 N–H and O–H groups in total. The van der Waals surface area contributed by atoms with Crippen molar-refractivity contribution in [2.75, 3.05) is 0 Å². The van der Waals surface area contributed by atoms with Gasteiger partial charge in [0.15, 0.2) is 0 Å². The lowest BCUT2D eigenvalue weighted by Crippen LogP contribution is -2.32. The maximum atomic E-state index is 10.8. The highest BCUT2D eigenvalue weighted by atomic mass is 16.4. The molecule has 0 bridgehead atoms. The largest absolute Gasteiger partial charge is 0.480 e. The molecule has 3 heteroatoms. The van der Waals surface area contributed by atoms with E-state index >= 15 is 0 Å². The lowest BCUT2D eigenvalue weighted by atomic mass is 9.82. The summed E-state index contributed by atoms with van der Waals surface area (Å²) >= 11 is 0. The number of carbonyl (C=O) groups is 1. The van der Waals surface area contributed by atoms with Crippen molar-refractivity contribution >= 4 is 5.97 Å². The van der Waals surface area contributed by atoms with Crippen molar-refractivity contribution in [3.05, 3.63) is 34.9 Å². The van der Waals surface area contributed by atoms with Crippen LogP contribution in [0.3, 0.4) is 0 Å². The van der Waals surface area contributed by atoms with Crippen molar-refractivity contribution in [1.82, 2.24) is 0 Å². The zero-order chi connectivity index (χ0) is 13.9. The molecule has 1 aromatic carbocycles. The van der Waals surface area contributed by atoms with Gasteiger partial charge in [0.05, 0.1) is 0 Å². The topological polar surface area (TPSA) is 63.3 Å². The Balaban J connectivity index is 2.80. The Kier molecular flexibility index (Phi) is 4.91. The smallest absolute Gasteiger partial charge is 0.320 e. The molecular weight excluding hydrogens is 226 g/mol. The predicted octanol–water partition coefficient (Wildman–Crippen LogP) is 2.85. The zero-order valence-corrected chi connectivity index (χ0v) is 11.6. The second-order valence-corrected chi connectivity index (χ2v) is 5.31. The number of carboxylic acids is 1. The maximum Gasteiger partial charge on any atom is 0.320 e. The first-order valence-corrected chi connectivity index (χ1v) is 6.38. The fourth-order valence-electron chi connectivity index (χ4n) is 2.35. The second-order valence-electron chi connectivity index (χ2n) is 5.31. The number of aliphatic carboxylic acids is 1. The third kappa shape index (κ3) is 3.57. The van der Waals surface area contributed by atoms with Gasteiger partial charge in [-0.1, -0.05) is 37.6 Å². The summed E-state index contributed by atoms with van der Waals surface area (Å²) in [7, 11) is 0. The first-order valence-electron chi connectivity index (χ1n) is 6.38. The summed E-state index contributed by atoms with van der Waals surface area (Å²) in [4.78, 5) is 10.8. The summed E-state index contributed by atoms with van der Waals surface area (Å²) in [6.07, 6.45) is 0.504. The molecule has 0 fully saturated rings. The van der Waals surface area contributed by atoms with Crippen molar-refractivity contribution in [3.8, 4) is 0 Å². The molecule has 1 rings (SSSR count). The van der Waals surface area contributed by atoms with Crippen molar-refractivity contribution in [1.29, 1.82) is 0 Å². The van der Waals surface area contributed by atoms with Gasteiger partial charge in [0, 0.05) is 0 Å². The van der Waals surface area contributed by atoms with Crippen LogP contribution in [0.25, 0.3) is 0 Å². The first-order chi connectivity index (χ1) is 8.32. The third-order valence-electron chi connectivity index (χ3n) is 3.71. The number of benzene rings is 1. The van der Waals surface area contributed by atoms with Crippen LogP contribution in [-0.2, 0) is 4.79 Å². The van der Waals surface area contributed by atoms with E-state index < -0.39 is 12.0 Å². The Labute approximate surface area is 109 Å². The first kappa shape index (κ1) is 14.7. The van der Waals surface area contributed by atoms with Gasteiger partial charge in [0.2, 0.25) is 0 Å². The Morgan fingerprint density at radius 1 is 1.33 bits per heavy atom. The van der Waals surface area contributed by atoms with Crippen molar-refractivity contribution in [3.63, 3.8) is 0 Å². The van der Waals surface area contributed by atoms with E-state index in [9.17, 15) is 4.79 Å². The molecule has 0 heterocycles. The standard InChI is InChI=1S/C15H23NO2/c1-9-5-6-13(11(3)7-9)12(4)10(2)8-14(16)15(17)18/h5-7,10,12,14H,8,16H2,1-4H3,(H,17,18). The summed E-state index contributed by atoms with van der Waals surface area (Å²) < 4.78 is 0. The van der Waals surface area contributed by atoms with E-state index in [2.05, 4.69) is 45.9 Å². The number of nitrogens with two attached hydrogens (primary N) is 1. The van der Waals surface area contributed by atoms with Crippen LogP contribution in [0.5, 0.6) is 0 Å². The molecule has 0 aromatic heterocycles. The van der Waals surface area contributed by atoms with Gasteiger partial charge >= 0.3 is 5.97 Å². The van der Waals surface area contributed by atoms with E-state index in [4.69, 9.17) is 10.8 Å². The van der Waals surface area contributed by atoms with E-state index in [1.165, 1.54) is 16.7 Å². The summed E-state index contributed by atoms with van der Waals surface area (Å²) in [5.41, 5.74) is 9.39. The van der Waals surface area contributed by atoms with Crippen molar-refractivity contribution < 1.29 is 9.90 Å². The quantitative estimate of drug-likeness (QED) is 0.843. The van der Waals surface area contributed by atoms with Gasteiger partial charge in [-0.25, -0.2) is 0 Å². The molecule has 3 atom stereocenters. The van der Waals surface area contributed by atoms with E-state index in [-0.39, 0.29) is 5.92 Å². The van der Waals surface area contributed by atoms with E-state index in [0.717, 1.165) is 0 Å². The third-order valence-corrected chi connectivity index (χ3v) is 3.71. The molecular formula is C15H23NO2. The van der Waals surface area contributed by atoms with Crippen molar-refractivity contribution in [2.45, 2.75) is 46.1 Å². The number of aryl methyl sites for hydroxylation is 2. The monoisotopic (exact) mass is 249 g/mol. The normalized spacial score (nSPS) is 16.1. The van der Waals surface area contributed by atoms with Crippen LogP contribution in [0.1, 0.15) is 42.9 Å². The van der Waals surface area contributed by atoms with Crippen LogP contribution in [0.15, 0.2) is 18.2 Å². The fourth-order valence-corrected chi connectivity index (χ4v) is 2.35. The van der Waals surface area contributed by atoms with E-state index in [1.807, 2.05) is 0 Å². The number of hydrogen-bond acceptors (Lipinski definition) is 2. The van der Waals surface area contributed by atoms with Gasteiger partial charge in [0.25, 0.3) is 0 Å². The van der Waals surface area contributed by atoms with Gasteiger partial charge in [-0.15, -0.1) is 0 Å². The second kappa shape index (κ2) is 6.01. The Hall–Kier alpha value is -1.35. The van der Waals surface area contributed by atoms with Gasteiger partial charge < -0.3 is 10.8 Å². The molecule has 0 spiro atoms. The van der Waals surface area contributed by atoms with Crippen LogP contribution in [-0.4, -0.2) is 17.1 Å². The fraction of sp³-hybridized carbons (Fsp3) is 0.533. The molecule has 3 nitrogen and oxygen atoms in total. The van der Waals surface area contributed by atoms with E-state index in [1.54, 1.807) is 0 Å². The van der Waals surface area contributed by atoms with E-state index in [0.29, 0.717) is 12.3 Å².